The molecule has 0 atom stereocenters. The quantitative estimate of drug-likeness (QED) is 0.703. The molecule has 0 aliphatic heterocycles. The second kappa shape index (κ2) is 3.03. The second-order valence-electron chi connectivity index (χ2n) is 1.91. The highest BCUT2D eigenvalue weighted by molar-refractivity contribution is 7.84. The number of nitrogens with two attached hydrogens (primary N) is 1. The van der Waals surface area contributed by atoms with Crippen LogP contribution in [-0.4, -0.2) is 13.4 Å². The number of halogens is 1. The van der Waals surface area contributed by atoms with E-state index in [0.29, 0.717) is 0 Å². The lowest BCUT2D eigenvalue weighted by molar-refractivity contribution is 0.483. The molecule has 0 aliphatic rings. The number of aromatic nitrogens is 1. The van der Waals surface area contributed by atoms with Crippen molar-refractivity contribution in [1.29, 1.82) is 0 Å². The topological polar surface area (TPSA) is 82.3 Å². The molecule has 12 heavy (non-hydrogen) atoms. The van der Waals surface area contributed by atoms with Gasteiger partial charge in [0.05, 0.1) is 12.4 Å². The van der Waals surface area contributed by atoms with Gasteiger partial charge in [0.2, 0.25) is 0 Å². The zero-order valence-electron chi connectivity index (χ0n) is 5.77. The molecule has 0 amide bonds. The fourth-order valence-electron chi connectivity index (χ4n) is 0.572. The Bertz CT molecular complexity index is 378. The molecule has 0 unspecified atom stereocenters. The molecule has 0 bridgehead atoms. The van der Waals surface area contributed by atoms with Crippen LogP contribution in [0.25, 0.3) is 0 Å². The normalized spacial score (nSPS) is 11.2. The van der Waals surface area contributed by atoms with Crippen molar-refractivity contribution in [3.8, 4) is 5.75 Å². The summed E-state index contributed by atoms with van der Waals surface area (Å²) in [7, 11) is -4.10. The van der Waals surface area contributed by atoms with Crippen LogP contribution in [0.5, 0.6) is 5.75 Å². The summed E-state index contributed by atoms with van der Waals surface area (Å²) in [5, 5.41) is 4.52. The summed E-state index contributed by atoms with van der Waals surface area (Å²) in [6.07, 6.45) is 1.95. The van der Waals surface area contributed by atoms with E-state index >= 15 is 0 Å². The van der Waals surface area contributed by atoms with Gasteiger partial charge in [0.15, 0.2) is 5.75 Å². The lowest BCUT2D eigenvalue weighted by Gasteiger charge is -1.99. The molecule has 66 valence electrons. The summed E-state index contributed by atoms with van der Waals surface area (Å²) in [6.45, 7) is 0. The molecule has 0 aliphatic carbocycles. The summed E-state index contributed by atoms with van der Waals surface area (Å²) < 4.78 is 37.1. The van der Waals surface area contributed by atoms with Crippen LogP contribution in [0.3, 0.4) is 0 Å². The minimum absolute atomic E-state index is 0.252. The second-order valence-corrected chi connectivity index (χ2v) is 3.07. The predicted octanol–water partition coefficient (Wildman–Crippen LogP) is -0.197. The van der Waals surface area contributed by atoms with Crippen molar-refractivity contribution in [2.45, 2.75) is 0 Å². The molecular formula is C5H5FN2O3S. The van der Waals surface area contributed by atoms with Gasteiger partial charge in [0, 0.05) is 6.07 Å². The molecule has 5 nitrogen and oxygen atoms in total. The molecule has 2 N–H and O–H groups in total. The van der Waals surface area contributed by atoms with Gasteiger partial charge in [-0.25, -0.2) is 4.39 Å². The van der Waals surface area contributed by atoms with E-state index in [2.05, 4.69) is 14.3 Å². The average molecular weight is 192 g/mol. The smallest absolute Gasteiger partial charge is 0.369 e. The average Bonchev–Trinajstić information content (AvgIpc) is 1.82. The van der Waals surface area contributed by atoms with Crippen molar-refractivity contribution in [3.63, 3.8) is 0 Å². The molecule has 0 saturated heterocycles. The first-order chi connectivity index (χ1) is 5.47. The van der Waals surface area contributed by atoms with Gasteiger partial charge in [-0.05, 0) is 0 Å². The fourth-order valence-corrected chi connectivity index (χ4v) is 0.931. The SMILES string of the molecule is NS(=O)(=O)Oc1cncc(F)c1. The number of hydrogen-bond donors (Lipinski definition) is 1. The highest BCUT2D eigenvalue weighted by Crippen LogP contribution is 2.10. The van der Waals surface area contributed by atoms with Gasteiger partial charge < -0.3 is 4.18 Å². The number of pyridine rings is 1. The fraction of sp³-hybridized carbons (Fsp3) is 0. The van der Waals surface area contributed by atoms with Crippen LogP contribution in [0, 0.1) is 5.82 Å². The Kier molecular flexibility index (Phi) is 2.25. The lowest BCUT2D eigenvalue weighted by Crippen LogP contribution is -2.19. The maximum Gasteiger partial charge on any atom is 0.380 e. The van der Waals surface area contributed by atoms with Crippen molar-refractivity contribution in [3.05, 3.63) is 24.3 Å². The van der Waals surface area contributed by atoms with Gasteiger partial charge in [-0.1, -0.05) is 0 Å². The third-order valence-corrected chi connectivity index (χ3v) is 1.32. The summed E-state index contributed by atoms with van der Waals surface area (Å²) in [5.74, 6) is -0.950. The highest BCUT2D eigenvalue weighted by Gasteiger charge is 2.05. The maximum absolute atomic E-state index is 12.4. The first-order valence-corrected chi connectivity index (χ1v) is 4.27. The van der Waals surface area contributed by atoms with Crippen LogP contribution in [0.2, 0.25) is 0 Å². The molecule has 7 heteroatoms. The Morgan fingerprint density at radius 3 is 2.67 bits per heavy atom. The Hall–Kier alpha value is -1.21. The molecule has 0 aromatic carbocycles. The molecule has 0 radical (unpaired) electrons. The van der Waals surface area contributed by atoms with E-state index in [0.717, 1.165) is 18.5 Å². The molecule has 1 aromatic heterocycles. The van der Waals surface area contributed by atoms with E-state index in [1.165, 1.54) is 0 Å². The first-order valence-electron chi connectivity index (χ1n) is 2.80. The van der Waals surface area contributed by atoms with Gasteiger partial charge in [0.1, 0.15) is 5.82 Å². The third kappa shape index (κ3) is 2.81. The van der Waals surface area contributed by atoms with Gasteiger partial charge >= 0.3 is 10.3 Å². The zero-order valence-corrected chi connectivity index (χ0v) is 6.58. The molecule has 1 aromatic rings. The summed E-state index contributed by atoms with van der Waals surface area (Å²) in [4.78, 5) is 3.35. The summed E-state index contributed by atoms with van der Waals surface area (Å²) in [6, 6.07) is 0.859. The maximum atomic E-state index is 12.4. The third-order valence-electron chi connectivity index (χ3n) is 0.892. The first kappa shape index (κ1) is 8.88. The monoisotopic (exact) mass is 192 g/mol. The van der Waals surface area contributed by atoms with Gasteiger partial charge in [-0.15, -0.1) is 0 Å². The van der Waals surface area contributed by atoms with Crippen molar-refractivity contribution in [2.24, 2.45) is 5.14 Å². The molecule has 0 saturated carbocycles. The van der Waals surface area contributed by atoms with E-state index < -0.39 is 16.1 Å². The van der Waals surface area contributed by atoms with Crippen molar-refractivity contribution in [1.82, 2.24) is 4.98 Å². The van der Waals surface area contributed by atoms with E-state index in [1.54, 1.807) is 0 Å². The minimum atomic E-state index is -4.10. The Balaban J connectivity index is 2.91. The molecule has 0 spiro atoms. The van der Waals surface area contributed by atoms with Crippen molar-refractivity contribution < 1.29 is 17.0 Å². The van der Waals surface area contributed by atoms with Crippen LogP contribution in [0.15, 0.2) is 18.5 Å². The lowest BCUT2D eigenvalue weighted by atomic mass is 10.4. The number of hydrogen-bond acceptors (Lipinski definition) is 4. The standard InChI is InChI=1S/C5H5FN2O3S/c6-4-1-5(3-8-2-4)11-12(7,9)10/h1-3H,(H2,7,9,10). The van der Waals surface area contributed by atoms with E-state index in [9.17, 15) is 12.8 Å². The van der Waals surface area contributed by atoms with Crippen LogP contribution >= 0.6 is 0 Å². The van der Waals surface area contributed by atoms with Crippen LogP contribution in [0.1, 0.15) is 0 Å². The Labute approximate surface area is 68.2 Å². The van der Waals surface area contributed by atoms with Crippen LogP contribution in [0.4, 0.5) is 4.39 Å². The van der Waals surface area contributed by atoms with E-state index in [-0.39, 0.29) is 5.75 Å². The van der Waals surface area contributed by atoms with E-state index in [1.807, 2.05) is 0 Å². The molecule has 1 heterocycles. The Morgan fingerprint density at radius 2 is 2.17 bits per heavy atom. The summed E-state index contributed by atoms with van der Waals surface area (Å²) >= 11 is 0. The van der Waals surface area contributed by atoms with Crippen molar-refractivity contribution in [2.75, 3.05) is 0 Å². The molecular weight excluding hydrogens is 187 g/mol. The molecule has 1 rings (SSSR count). The number of rotatable bonds is 2. The largest absolute Gasteiger partial charge is 0.380 e. The van der Waals surface area contributed by atoms with Gasteiger partial charge in [0.25, 0.3) is 0 Å². The highest BCUT2D eigenvalue weighted by atomic mass is 32.2. The summed E-state index contributed by atoms with van der Waals surface area (Å²) in [5.41, 5.74) is 0. The molecule has 0 fully saturated rings. The van der Waals surface area contributed by atoms with E-state index in [4.69, 9.17) is 0 Å². The predicted molar refractivity (Wildman–Crippen MR) is 37.9 cm³/mol. The van der Waals surface area contributed by atoms with Crippen LogP contribution < -0.4 is 9.32 Å². The van der Waals surface area contributed by atoms with Crippen molar-refractivity contribution >= 4 is 10.3 Å². The zero-order chi connectivity index (χ0) is 9.19. The number of nitrogens with zero attached hydrogens (tertiary/aromatic N) is 1. The van der Waals surface area contributed by atoms with Gasteiger partial charge in [-0.2, -0.15) is 13.6 Å². The minimum Gasteiger partial charge on any atom is -0.369 e. The van der Waals surface area contributed by atoms with Crippen LogP contribution in [-0.2, 0) is 10.3 Å². The Morgan fingerprint density at radius 1 is 1.50 bits per heavy atom. The van der Waals surface area contributed by atoms with Gasteiger partial charge in [-0.3, -0.25) is 4.98 Å².